The van der Waals surface area contributed by atoms with Gasteiger partial charge in [-0.2, -0.15) is 0 Å². The van der Waals surface area contributed by atoms with Crippen molar-refractivity contribution in [2.24, 2.45) is 0 Å². The Morgan fingerprint density at radius 2 is 1.69 bits per heavy atom. The second-order valence-electron chi connectivity index (χ2n) is 6.00. The highest BCUT2D eigenvalue weighted by Crippen LogP contribution is 2.25. The Kier molecular flexibility index (Phi) is 4.46. The lowest BCUT2D eigenvalue weighted by atomic mass is 10.00. The van der Waals surface area contributed by atoms with Crippen LogP contribution in [0.25, 0.3) is 22.1 Å². The molecule has 0 bridgehead atoms. The third-order valence-corrected chi connectivity index (χ3v) is 4.48. The van der Waals surface area contributed by atoms with E-state index in [4.69, 9.17) is 16.0 Å². The summed E-state index contributed by atoms with van der Waals surface area (Å²) in [6.07, 6.45) is 0. The zero-order valence-corrected chi connectivity index (χ0v) is 14.7. The number of halogens is 1. The van der Waals surface area contributed by atoms with E-state index in [2.05, 4.69) is 23.5 Å². The van der Waals surface area contributed by atoms with E-state index in [0.717, 1.165) is 22.1 Å². The molecule has 3 aromatic carbocycles. The molecule has 128 valence electrons. The number of hydrogen-bond donors (Lipinski definition) is 1. The molecular weight excluding hydrogens is 346 g/mol. The number of rotatable bonds is 4. The first-order valence-electron chi connectivity index (χ1n) is 8.31. The molecule has 0 aliphatic carbocycles. The van der Waals surface area contributed by atoms with E-state index in [1.807, 2.05) is 36.4 Å². The molecule has 26 heavy (non-hydrogen) atoms. The van der Waals surface area contributed by atoms with Crippen molar-refractivity contribution < 1.29 is 9.21 Å². The highest BCUT2D eigenvalue weighted by atomic mass is 35.5. The molecule has 4 heteroatoms. The minimum atomic E-state index is -0.250. The van der Waals surface area contributed by atoms with Crippen molar-refractivity contribution in [3.8, 4) is 11.1 Å². The van der Waals surface area contributed by atoms with Gasteiger partial charge in [0.1, 0.15) is 5.58 Å². The summed E-state index contributed by atoms with van der Waals surface area (Å²) in [5.41, 5.74) is 3.91. The van der Waals surface area contributed by atoms with Crippen molar-refractivity contribution in [1.82, 2.24) is 5.32 Å². The van der Waals surface area contributed by atoms with E-state index in [1.165, 1.54) is 0 Å². The number of carbonyl (C=O) groups excluding carboxylic acids is 1. The summed E-state index contributed by atoms with van der Waals surface area (Å²) < 4.78 is 5.62. The van der Waals surface area contributed by atoms with Gasteiger partial charge < -0.3 is 9.73 Å². The Morgan fingerprint density at radius 3 is 2.54 bits per heavy atom. The Hall–Kier alpha value is -3.04. The normalized spacial score (nSPS) is 10.8. The number of benzene rings is 3. The van der Waals surface area contributed by atoms with Crippen molar-refractivity contribution in [2.45, 2.75) is 6.54 Å². The first kappa shape index (κ1) is 16.4. The maximum absolute atomic E-state index is 12.5. The monoisotopic (exact) mass is 361 g/mol. The standard InChI is InChI=1S/C22H16ClNO2/c23-18-10-11-20-17(12-18)13-21(26-20)22(25)24-14-16-8-4-5-9-19(16)15-6-2-1-3-7-15/h1-13H,14H2,(H,24,25). The number of amides is 1. The lowest BCUT2D eigenvalue weighted by Gasteiger charge is -2.10. The number of furan rings is 1. The van der Waals surface area contributed by atoms with Crippen molar-refractivity contribution in [3.05, 3.63) is 95.2 Å². The molecule has 0 radical (unpaired) electrons. The predicted molar refractivity (Wildman–Crippen MR) is 104 cm³/mol. The molecule has 0 saturated heterocycles. The van der Waals surface area contributed by atoms with Gasteiger partial charge in [-0.3, -0.25) is 4.79 Å². The van der Waals surface area contributed by atoms with Gasteiger partial charge in [-0.05, 0) is 41.0 Å². The minimum absolute atomic E-state index is 0.250. The molecular formula is C22H16ClNO2. The Morgan fingerprint density at radius 1 is 0.923 bits per heavy atom. The molecule has 1 amide bonds. The summed E-state index contributed by atoms with van der Waals surface area (Å²) >= 11 is 5.98. The second-order valence-corrected chi connectivity index (χ2v) is 6.44. The minimum Gasteiger partial charge on any atom is -0.451 e. The maximum atomic E-state index is 12.5. The Labute approximate surface area is 156 Å². The molecule has 1 aromatic heterocycles. The van der Waals surface area contributed by atoms with E-state index in [0.29, 0.717) is 17.2 Å². The number of hydrogen-bond acceptors (Lipinski definition) is 2. The molecule has 0 aliphatic heterocycles. The SMILES string of the molecule is O=C(NCc1ccccc1-c1ccccc1)c1cc2cc(Cl)ccc2o1. The number of nitrogens with one attached hydrogen (secondary N) is 1. The molecule has 1 N–H and O–H groups in total. The van der Waals surface area contributed by atoms with E-state index in [-0.39, 0.29) is 11.7 Å². The van der Waals surface area contributed by atoms with E-state index in [9.17, 15) is 4.79 Å². The van der Waals surface area contributed by atoms with Gasteiger partial charge in [0.2, 0.25) is 0 Å². The summed E-state index contributed by atoms with van der Waals surface area (Å²) in [4.78, 5) is 12.5. The zero-order chi connectivity index (χ0) is 17.9. The average Bonchev–Trinajstić information content (AvgIpc) is 3.10. The van der Waals surface area contributed by atoms with Crippen LogP contribution >= 0.6 is 11.6 Å². The Balaban J connectivity index is 1.54. The lowest BCUT2D eigenvalue weighted by Crippen LogP contribution is -2.22. The topological polar surface area (TPSA) is 42.2 Å². The van der Waals surface area contributed by atoms with Gasteiger partial charge in [0.25, 0.3) is 5.91 Å². The van der Waals surface area contributed by atoms with Gasteiger partial charge in [0, 0.05) is 17.0 Å². The van der Waals surface area contributed by atoms with E-state index < -0.39 is 0 Å². The molecule has 0 spiro atoms. The van der Waals surface area contributed by atoms with Crippen LogP contribution < -0.4 is 5.32 Å². The first-order chi connectivity index (χ1) is 12.7. The third kappa shape index (κ3) is 3.35. The van der Waals surface area contributed by atoms with Crippen LogP contribution in [0, 0.1) is 0 Å². The highest BCUT2D eigenvalue weighted by molar-refractivity contribution is 6.31. The largest absolute Gasteiger partial charge is 0.451 e. The van der Waals surface area contributed by atoms with E-state index >= 15 is 0 Å². The van der Waals surface area contributed by atoms with Gasteiger partial charge in [0.05, 0.1) is 0 Å². The fourth-order valence-corrected chi connectivity index (χ4v) is 3.14. The summed E-state index contributed by atoms with van der Waals surface area (Å²) in [6.45, 7) is 0.418. The van der Waals surface area contributed by atoms with Gasteiger partial charge in [-0.1, -0.05) is 66.2 Å². The van der Waals surface area contributed by atoms with E-state index in [1.54, 1.807) is 24.3 Å². The van der Waals surface area contributed by atoms with Gasteiger partial charge in [-0.25, -0.2) is 0 Å². The van der Waals surface area contributed by atoms with Crippen LogP contribution in [0.15, 0.2) is 83.3 Å². The predicted octanol–water partition coefficient (Wildman–Crippen LogP) is 5.68. The van der Waals surface area contributed by atoms with Crippen LogP contribution in [0.4, 0.5) is 0 Å². The average molecular weight is 362 g/mol. The summed E-state index contributed by atoms with van der Waals surface area (Å²) in [5, 5.41) is 4.36. The number of fused-ring (bicyclic) bond motifs is 1. The lowest BCUT2D eigenvalue weighted by molar-refractivity contribution is 0.0925. The zero-order valence-electron chi connectivity index (χ0n) is 13.9. The smallest absolute Gasteiger partial charge is 0.287 e. The van der Waals surface area contributed by atoms with Crippen LogP contribution in [0.5, 0.6) is 0 Å². The fraction of sp³-hybridized carbons (Fsp3) is 0.0455. The summed E-state index contributed by atoms with van der Waals surface area (Å²) in [5.74, 6) is 0.0275. The molecule has 0 atom stereocenters. The van der Waals surface area contributed by atoms with Gasteiger partial charge in [0.15, 0.2) is 5.76 Å². The van der Waals surface area contributed by atoms with Crippen molar-refractivity contribution in [3.63, 3.8) is 0 Å². The van der Waals surface area contributed by atoms with Crippen molar-refractivity contribution in [2.75, 3.05) is 0 Å². The molecule has 4 rings (SSSR count). The van der Waals surface area contributed by atoms with Crippen LogP contribution in [0.3, 0.4) is 0 Å². The molecule has 0 aliphatic rings. The first-order valence-corrected chi connectivity index (χ1v) is 8.69. The Bertz CT molecular complexity index is 1070. The quantitative estimate of drug-likeness (QED) is 0.508. The van der Waals surface area contributed by atoms with Crippen molar-refractivity contribution in [1.29, 1.82) is 0 Å². The molecule has 0 saturated carbocycles. The second kappa shape index (κ2) is 7.06. The van der Waals surface area contributed by atoms with Crippen LogP contribution in [-0.2, 0) is 6.54 Å². The fourth-order valence-electron chi connectivity index (χ4n) is 2.96. The molecule has 0 fully saturated rings. The molecule has 3 nitrogen and oxygen atoms in total. The van der Waals surface area contributed by atoms with Crippen LogP contribution in [0.1, 0.15) is 16.1 Å². The highest BCUT2D eigenvalue weighted by Gasteiger charge is 2.13. The van der Waals surface area contributed by atoms with Gasteiger partial charge >= 0.3 is 0 Å². The molecule has 4 aromatic rings. The molecule has 1 heterocycles. The number of carbonyl (C=O) groups is 1. The summed E-state index contributed by atoms with van der Waals surface area (Å²) in [6, 6.07) is 25.1. The summed E-state index contributed by atoms with van der Waals surface area (Å²) in [7, 11) is 0. The van der Waals surface area contributed by atoms with Crippen LogP contribution in [-0.4, -0.2) is 5.91 Å². The maximum Gasteiger partial charge on any atom is 0.287 e. The van der Waals surface area contributed by atoms with Crippen LogP contribution in [0.2, 0.25) is 5.02 Å². The molecule has 0 unspecified atom stereocenters. The van der Waals surface area contributed by atoms with Gasteiger partial charge in [-0.15, -0.1) is 0 Å². The third-order valence-electron chi connectivity index (χ3n) is 4.24. The van der Waals surface area contributed by atoms with Crippen molar-refractivity contribution >= 4 is 28.5 Å².